The number of benzene rings is 3. The Labute approximate surface area is 243 Å². The van der Waals surface area contributed by atoms with Gasteiger partial charge in [0.05, 0.1) is 11.9 Å². The summed E-state index contributed by atoms with van der Waals surface area (Å²) in [7, 11) is -3.83. The SMILES string of the molecule is Cc1ccc(C)c(N(CC(=O)N(Cc2ccc(Cl)cc2)[C@H](Cc2ccccc2)C(=O)NC(C)(C)C)S(C)(=O)=O)c1. The number of carbonyl (C=O) groups is 2. The second kappa shape index (κ2) is 12.9. The summed E-state index contributed by atoms with van der Waals surface area (Å²) in [5.41, 5.74) is 3.11. The van der Waals surface area contributed by atoms with Crippen LogP contribution in [0, 0.1) is 13.8 Å². The third-order valence-electron chi connectivity index (χ3n) is 6.35. The Bertz CT molecular complexity index is 1440. The van der Waals surface area contributed by atoms with Crippen molar-refractivity contribution in [1.29, 1.82) is 0 Å². The maximum absolute atomic E-state index is 14.2. The van der Waals surface area contributed by atoms with Crippen LogP contribution in [0.4, 0.5) is 5.69 Å². The highest BCUT2D eigenvalue weighted by Gasteiger charge is 2.34. The summed E-state index contributed by atoms with van der Waals surface area (Å²) in [5.74, 6) is -0.817. The van der Waals surface area contributed by atoms with E-state index in [9.17, 15) is 18.0 Å². The Morgan fingerprint density at radius 1 is 0.925 bits per heavy atom. The molecule has 1 N–H and O–H groups in total. The zero-order chi connectivity index (χ0) is 29.7. The minimum atomic E-state index is -3.83. The first-order chi connectivity index (χ1) is 18.6. The third-order valence-corrected chi connectivity index (χ3v) is 7.73. The van der Waals surface area contributed by atoms with Crippen molar-refractivity contribution in [3.63, 3.8) is 0 Å². The van der Waals surface area contributed by atoms with Crippen molar-refractivity contribution in [2.45, 2.75) is 59.2 Å². The number of anilines is 1. The molecule has 0 radical (unpaired) electrons. The fourth-order valence-electron chi connectivity index (χ4n) is 4.38. The van der Waals surface area contributed by atoms with Crippen molar-refractivity contribution in [2.75, 3.05) is 17.1 Å². The molecule has 0 saturated carbocycles. The Morgan fingerprint density at radius 3 is 2.12 bits per heavy atom. The zero-order valence-corrected chi connectivity index (χ0v) is 25.5. The van der Waals surface area contributed by atoms with Crippen LogP contribution in [0.15, 0.2) is 72.8 Å². The van der Waals surface area contributed by atoms with Crippen LogP contribution < -0.4 is 9.62 Å². The molecule has 7 nitrogen and oxygen atoms in total. The number of amides is 2. The molecule has 3 aromatic carbocycles. The Kier molecular flexibility index (Phi) is 10.0. The Morgan fingerprint density at radius 2 is 1.55 bits per heavy atom. The second-order valence-corrected chi connectivity index (χ2v) is 13.5. The smallest absolute Gasteiger partial charge is 0.244 e. The first-order valence-corrected chi connectivity index (χ1v) is 15.3. The highest BCUT2D eigenvalue weighted by molar-refractivity contribution is 7.92. The standard InChI is InChI=1S/C31H38ClN3O4S/c1-22-12-13-23(2)27(18-22)35(40(6,38)39)21-29(36)34(20-25-14-16-26(32)17-15-25)28(30(37)33-31(3,4)5)19-24-10-8-7-9-11-24/h7-18,28H,19-21H2,1-6H3,(H,33,37)/t28-/m1/s1. The molecule has 3 rings (SSSR count). The summed E-state index contributed by atoms with van der Waals surface area (Å²) >= 11 is 6.10. The normalized spacial score (nSPS) is 12.5. The van der Waals surface area contributed by atoms with Gasteiger partial charge in [-0.3, -0.25) is 13.9 Å². The van der Waals surface area contributed by atoms with Crippen LogP contribution in [0.2, 0.25) is 5.02 Å². The largest absolute Gasteiger partial charge is 0.350 e. The van der Waals surface area contributed by atoms with Crippen LogP contribution in [0.3, 0.4) is 0 Å². The number of hydrogen-bond donors (Lipinski definition) is 1. The number of sulfonamides is 1. The van der Waals surface area contributed by atoms with Gasteiger partial charge in [0.1, 0.15) is 12.6 Å². The van der Waals surface area contributed by atoms with Crippen LogP contribution in [0.25, 0.3) is 0 Å². The van der Waals surface area contributed by atoms with E-state index in [1.807, 2.05) is 70.2 Å². The molecular formula is C31H38ClN3O4S. The summed E-state index contributed by atoms with van der Waals surface area (Å²) < 4.78 is 27.1. The van der Waals surface area contributed by atoms with Gasteiger partial charge >= 0.3 is 0 Å². The van der Waals surface area contributed by atoms with Crippen molar-refractivity contribution in [1.82, 2.24) is 10.2 Å². The number of nitrogens with zero attached hydrogens (tertiary/aromatic N) is 2. The zero-order valence-electron chi connectivity index (χ0n) is 23.9. The molecule has 0 saturated heterocycles. The predicted molar refractivity (Wildman–Crippen MR) is 162 cm³/mol. The Balaban J connectivity index is 2.09. The van der Waals surface area contributed by atoms with Crippen LogP contribution in [0.5, 0.6) is 0 Å². The number of hydrogen-bond acceptors (Lipinski definition) is 4. The number of aryl methyl sites for hydroxylation is 2. The van der Waals surface area contributed by atoms with E-state index in [-0.39, 0.29) is 18.9 Å². The lowest BCUT2D eigenvalue weighted by Crippen LogP contribution is -2.56. The summed E-state index contributed by atoms with van der Waals surface area (Å²) in [5, 5.41) is 3.56. The molecule has 0 heterocycles. The van der Waals surface area contributed by atoms with Gasteiger partial charge < -0.3 is 10.2 Å². The van der Waals surface area contributed by atoms with Crippen molar-refractivity contribution in [2.24, 2.45) is 0 Å². The van der Waals surface area contributed by atoms with E-state index in [4.69, 9.17) is 11.6 Å². The van der Waals surface area contributed by atoms with Gasteiger partial charge in [-0.2, -0.15) is 0 Å². The quantitative estimate of drug-likeness (QED) is 0.352. The van der Waals surface area contributed by atoms with E-state index in [1.165, 1.54) is 4.90 Å². The van der Waals surface area contributed by atoms with E-state index in [1.54, 1.807) is 37.3 Å². The topological polar surface area (TPSA) is 86.8 Å². The monoisotopic (exact) mass is 583 g/mol. The Hall–Kier alpha value is -3.36. The molecule has 0 fully saturated rings. The van der Waals surface area contributed by atoms with Crippen LogP contribution in [-0.2, 0) is 32.6 Å². The van der Waals surface area contributed by atoms with Crippen molar-refractivity contribution in [3.8, 4) is 0 Å². The molecule has 9 heteroatoms. The van der Waals surface area contributed by atoms with Gasteiger partial charge in [-0.25, -0.2) is 8.42 Å². The third kappa shape index (κ3) is 8.83. The molecular weight excluding hydrogens is 546 g/mol. The van der Waals surface area contributed by atoms with E-state index in [0.717, 1.165) is 32.8 Å². The molecule has 0 spiro atoms. The van der Waals surface area contributed by atoms with Gasteiger partial charge in [-0.1, -0.05) is 66.2 Å². The van der Waals surface area contributed by atoms with Gasteiger partial charge in [-0.15, -0.1) is 0 Å². The van der Waals surface area contributed by atoms with Crippen LogP contribution >= 0.6 is 11.6 Å². The molecule has 1 atom stereocenters. The fraction of sp³-hybridized carbons (Fsp3) is 0.355. The maximum atomic E-state index is 14.2. The molecule has 40 heavy (non-hydrogen) atoms. The van der Waals surface area contributed by atoms with E-state index in [2.05, 4.69) is 5.32 Å². The summed E-state index contributed by atoms with van der Waals surface area (Å²) in [6.07, 6.45) is 1.34. The summed E-state index contributed by atoms with van der Waals surface area (Å²) in [6, 6.07) is 21.1. The molecule has 0 aromatic heterocycles. The first-order valence-electron chi connectivity index (χ1n) is 13.1. The molecule has 2 amide bonds. The van der Waals surface area contributed by atoms with Crippen molar-refractivity contribution < 1.29 is 18.0 Å². The number of nitrogens with one attached hydrogen (secondary N) is 1. The van der Waals surface area contributed by atoms with Crippen LogP contribution in [0.1, 0.15) is 43.0 Å². The fourth-order valence-corrected chi connectivity index (χ4v) is 5.40. The van der Waals surface area contributed by atoms with E-state index in [0.29, 0.717) is 10.7 Å². The summed E-state index contributed by atoms with van der Waals surface area (Å²) in [6.45, 7) is 8.94. The predicted octanol–water partition coefficient (Wildman–Crippen LogP) is 5.28. The van der Waals surface area contributed by atoms with Gasteiger partial charge in [-0.05, 0) is 75.1 Å². The lowest BCUT2D eigenvalue weighted by molar-refractivity contribution is -0.140. The van der Waals surface area contributed by atoms with Gasteiger partial charge in [0.2, 0.25) is 21.8 Å². The van der Waals surface area contributed by atoms with Gasteiger partial charge in [0, 0.05) is 23.5 Å². The number of carbonyl (C=O) groups excluding carboxylic acids is 2. The van der Waals surface area contributed by atoms with Gasteiger partial charge in [0.15, 0.2) is 0 Å². The van der Waals surface area contributed by atoms with Crippen LogP contribution in [-0.4, -0.2) is 49.5 Å². The molecule has 0 bridgehead atoms. The highest BCUT2D eigenvalue weighted by Crippen LogP contribution is 2.25. The summed E-state index contributed by atoms with van der Waals surface area (Å²) in [4.78, 5) is 29.4. The van der Waals surface area contributed by atoms with Crippen molar-refractivity contribution in [3.05, 3.63) is 100 Å². The van der Waals surface area contributed by atoms with Gasteiger partial charge in [0.25, 0.3) is 0 Å². The molecule has 0 unspecified atom stereocenters. The molecule has 3 aromatic rings. The first kappa shape index (κ1) is 31.2. The molecule has 0 aliphatic carbocycles. The molecule has 0 aliphatic heterocycles. The maximum Gasteiger partial charge on any atom is 0.244 e. The van der Waals surface area contributed by atoms with E-state index < -0.39 is 34.1 Å². The lowest BCUT2D eigenvalue weighted by Gasteiger charge is -2.35. The number of rotatable bonds is 10. The molecule has 214 valence electrons. The number of halogens is 1. The minimum absolute atomic E-state index is 0.0927. The molecule has 0 aliphatic rings. The lowest BCUT2D eigenvalue weighted by atomic mass is 10.0. The minimum Gasteiger partial charge on any atom is -0.350 e. The van der Waals surface area contributed by atoms with Crippen molar-refractivity contribution >= 4 is 39.1 Å². The average Bonchev–Trinajstić information content (AvgIpc) is 2.86. The second-order valence-electron chi connectivity index (χ2n) is 11.2. The van der Waals surface area contributed by atoms with E-state index >= 15 is 0 Å². The highest BCUT2D eigenvalue weighted by atomic mass is 35.5. The average molecular weight is 584 g/mol.